The van der Waals surface area contributed by atoms with Crippen molar-refractivity contribution in [1.82, 2.24) is 14.8 Å². The average molecular weight is 435 g/mol. The predicted molar refractivity (Wildman–Crippen MR) is 123 cm³/mol. The summed E-state index contributed by atoms with van der Waals surface area (Å²) in [6.45, 7) is 2.01. The van der Waals surface area contributed by atoms with Crippen LogP contribution in [0.3, 0.4) is 0 Å². The Morgan fingerprint density at radius 2 is 1.68 bits per heavy atom. The molecule has 3 aromatic rings. The number of para-hydroxylation sites is 2. The number of urea groups is 1. The molecule has 0 saturated carbocycles. The molecular weight excluding hydrogens is 408 g/mol. The van der Waals surface area contributed by atoms with Gasteiger partial charge in [-0.2, -0.15) is 0 Å². The number of fused-ring (bicyclic) bond motifs is 1. The highest BCUT2D eigenvalue weighted by Gasteiger charge is 2.37. The van der Waals surface area contributed by atoms with Gasteiger partial charge in [-0.15, -0.1) is 11.3 Å². The predicted octanol–water partition coefficient (Wildman–Crippen LogP) is 4.90. The Balaban J connectivity index is 1.21. The van der Waals surface area contributed by atoms with Gasteiger partial charge in [-0.05, 0) is 49.9 Å². The third-order valence-electron chi connectivity index (χ3n) is 6.29. The molecule has 1 N–H and O–H groups in total. The minimum atomic E-state index is -0.0920. The van der Waals surface area contributed by atoms with Gasteiger partial charge in [-0.3, -0.25) is 4.79 Å². The van der Waals surface area contributed by atoms with E-state index in [9.17, 15) is 9.59 Å². The average Bonchev–Trinajstić information content (AvgIpc) is 3.46. The van der Waals surface area contributed by atoms with Crippen LogP contribution in [0.25, 0.3) is 10.2 Å². The third-order valence-corrected chi connectivity index (χ3v) is 7.43. The lowest BCUT2D eigenvalue weighted by Gasteiger charge is -2.34. The molecule has 1 atom stereocenters. The first-order chi connectivity index (χ1) is 15.2. The van der Waals surface area contributed by atoms with Crippen LogP contribution < -0.4 is 5.32 Å². The minimum Gasteiger partial charge on any atom is -0.333 e. The number of carbonyl (C=O) groups excluding carboxylic acids is 2. The number of aromatic nitrogens is 1. The molecule has 2 aromatic carbocycles. The molecule has 2 aliphatic rings. The summed E-state index contributed by atoms with van der Waals surface area (Å²) in [7, 11) is 0. The van der Waals surface area contributed by atoms with Crippen LogP contribution in [0, 0.1) is 5.92 Å². The number of benzene rings is 2. The number of amides is 3. The zero-order valence-electron chi connectivity index (χ0n) is 17.4. The fraction of sp³-hybridized carbons (Fsp3) is 0.375. The molecule has 1 aromatic heterocycles. The number of thiazole rings is 1. The Labute approximate surface area is 185 Å². The molecule has 0 radical (unpaired) electrons. The molecular formula is C24H26N4O2S. The maximum absolute atomic E-state index is 13.4. The molecule has 31 heavy (non-hydrogen) atoms. The van der Waals surface area contributed by atoms with Gasteiger partial charge in [-0.1, -0.05) is 30.3 Å². The van der Waals surface area contributed by atoms with Crippen LogP contribution in [0.15, 0.2) is 54.6 Å². The SMILES string of the molecule is O=C(Nc1ccccc1)N1CCC(C(=O)N2CCCC2c2nc3ccccc3s2)CC1. The normalized spacial score (nSPS) is 19.7. The Morgan fingerprint density at radius 1 is 0.935 bits per heavy atom. The number of hydrogen-bond acceptors (Lipinski definition) is 4. The summed E-state index contributed by atoms with van der Waals surface area (Å²) in [5.41, 5.74) is 1.81. The lowest BCUT2D eigenvalue weighted by molar-refractivity contribution is -0.137. The number of likely N-dealkylation sites (tertiary alicyclic amines) is 2. The van der Waals surface area contributed by atoms with Crippen LogP contribution in [-0.2, 0) is 4.79 Å². The van der Waals surface area contributed by atoms with Crippen molar-refractivity contribution in [2.75, 3.05) is 25.0 Å². The van der Waals surface area contributed by atoms with E-state index in [2.05, 4.69) is 11.4 Å². The summed E-state index contributed by atoms with van der Waals surface area (Å²) in [4.78, 5) is 34.6. The van der Waals surface area contributed by atoms with Crippen molar-refractivity contribution in [3.63, 3.8) is 0 Å². The zero-order chi connectivity index (χ0) is 21.2. The van der Waals surface area contributed by atoms with Gasteiger partial charge in [0.05, 0.1) is 16.3 Å². The molecule has 3 heterocycles. The van der Waals surface area contributed by atoms with Crippen molar-refractivity contribution in [1.29, 1.82) is 0 Å². The first-order valence-corrected chi connectivity index (χ1v) is 11.8. The van der Waals surface area contributed by atoms with E-state index >= 15 is 0 Å². The quantitative estimate of drug-likeness (QED) is 0.637. The van der Waals surface area contributed by atoms with E-state index in [4.69, 9.17) is 4.98 Å². The molecule has 2 fully saturated rings. The molecule has 0 bridgehead atoms. The van der Waals surface area contributed by atoms with Gasteiger partial charge < -0.3 is 15.1 Å². The smallest absolute Gasteiger partial charge is 0.321 e. The number of nitrogens with zero attached hydrogens (tertiary/aromatic N) is 3. The van der Waals surface area contributed by atoms with Crippen LogP contribution in [0.1, 0.15) is 36.7 Å². The lowest BCUT2D eigenvalue weighted by atomic mass is 9.95. The van der Waals surface area contributed by atoms with Gasteiger partial charge >= 0.3 is 6.03 Å². The number of carbonyl (C=O) groups is 2. The first-order valence-electron chi connectivity index (χ1n) is 11.0. The van der Waals surface area contributed by atoms with Crippen molar-refractivity contribution in [3.8, 4) is 0 Å². The molecule has 0 spiro atoms. The fourth-order valence-electron chi connectivity index (χ4n) is 4.61. The van der Waals surface area contributed by atoms with Crippen LogP contribution in [-0.4, -0.2) is 46.4 Å². The van der Waals surface area contributed by atoms with E-state index in [1.165, 1.54) is 4.70 Å². The molecule has 0 aliphatic carbocycles. The van der Waals surface area contributed by atoms with E-state index in [0.717, 1.165) is 35.6 Å². The molecule has 7 heteroatoms. The molecule has 5 rings (SSSR count). The Hall–Kier alpha value is -2.93. The van der Waals surface area contributed by atoms with Crippen molar-refractivity contribution in [2.24, 2.45) is 5.92 Å². The highest BCUT2D eigenvalue weighted by atomic mass is 32.1. The largest absolute Gasteiger partial charge is 0.333 e. The molecule has 2 saturated heterocycles. The Kier molecular flexibility index (Phi) is 5.59. The van der Waals surface area contributed by atoms with Gasteiger partial charge in [-0.25, -0.2) is 9.78 Å². The first kappa shape index (κ1) is 20.0. The topological polar surface area (TPSA) is 65.5 Å². The number of hydrogen-bond donors (Lipinski definition) is 1. The van der Waals surface area contributed by atoms with E-state index < -0.39 is 0 Å². The summed E-state index contributed by atoms with van der Waals surface area (Å²) in [5, 5.41) is 3.98. The second-order valence-corrected chi connectivity index (χ2v) is 9.33. The minimum absolute atomic E-state index is 0.0178. The summed E-state index contributed by atoms with van der Waals surface area (Å²) < 4.78 is 1.18. The van der Waals surface area contributed by atoms with Crippen molar-refractivity contribution < 1.29 is 9.59 Å². The van der Waals surface area contributed by atoms with Crippen LogP contribution in [0.5, 0.6) is 0 Å². The zero-order valence-corrected chi connectivity index (χ0v) is 18.2. The number of rotatable bonds is 3. The van der Waals surface area contributed by atoms with Crippen molar-refractivity contribution in [2.45, 2.75) is 31.7 Å². The fourth-order valence-corrected chi connectivity index (χ4v) is 5.72. The maximum atomic E-state index is 13.4. The van der Waals surface area contributed by atoms with Crippen LogP contribution >= 0.6 is 11.3 Å². The van der Waals surface area contributed by atoms with Gasteiger partial charge in [0.15, 0.2) is 0 Å². The highest BCUT2D eigenvalue weighted by molar-refractivity contribution is 7.18. The van der Waals surface area contributed by atoms with Crippen LogP contribution in [0.4, 0.5) is 10.5 Å². The van der Waals surface area contributed by atoms with Crippen LogP contribution in [0.2, 0.25) is 0 Å². The van der Waals surface area contributed by atoms with Gasteiger partial charge in [0.2, 0.25) is 5.91 Å². The monoisotopic (exact) mass is 434 g/mol. The van der Waals surface area contributed by atoms with E-state index in [1.807, 2.05) is 58.3 Å². The maximum Gasteiger partial charge on any atom is 0.321 e. The molecule has 3 amide bonds. The van der Waals surface area contributed by atoms with E-state index in [-0.39, 0.29) is 23.9 Å². The highest BCUT2D eigenvalue weighted by Crippen LogP contribution is 2.38. The second-order valence-electron chi connectivity index (χ2n) is 8.27. The summed E-state index contributed by atoms with van der Waals surface area (Å²) >= 11 is 1.70. The van der Waals surface area contributed by atoms with Gasteiger partial charge in [0.25, 0.3) is 0 Å². The summed E-state index contributed by atoms with van der Waals surface area (Å²) in [6, 6.07) is 17.6. The Bertz CT molecular complexity index is 1040. The second kappa shape index (κ2) is 8.67. The van der Waals surface area contributed by atoms with E-state index in [0.29, 0.717) is 25.9 Å². The van der Waals surface area contributed by atoms with E-state index in [1.54, 1.807) is 11.3 Å². The number of nitrogens with one attached hydrogen (secondary N) is 1. The van der Waals surface area contributed by atoms with Gasteiger partial charge in [0.1, 0.15) is 5.01 Å². The summed E-state index contributed by atoms with van der Waals surface area (Å²) in [6.07, 6.45) is 3.42. The van der Waals surface area contributed by atoms with Crippen molar-refractivity contribution in [3.05, 3.63) is 59.6 Å². The lowest BCUT2D eigenvalue weighted by Crippen LogP contribution is -2.45. The molecule has 2 aliphatic heterocycles. The Morgan fingerprint density at radius 3 is 2.45 bits per heavy atom. The third kappa shape index (κ3) is 4.14. The summed E-state index contributed by atoms with van der Waals surface area (Å²) in [5.74, 6) is 0.209. The standard InChI is InChI=1S/C24H26N4O2S/c29-23(17-12-15-27(16-13-17)24(30)25-18-7-2-1-3-8-18)28-14-6-10-20(28)22-26-19-9-4-5-11-21(19)31-22/h1-5,7-9,11,17,20H,6,10,12-16H2,(H,25,30). The van der Waals surface area contributed by atoms with Gasteiger partial charge in [0, 0.05) is 31.2 Å². The van der Waals surface area contributed by atoms with Crippen molar-refractivity contribution >= 4 is 39.2 Å². The number of piperidine rings is 1. The molecule has 160 valence electrons. The molecule has 6 nitrogen and oxygen atoms in total. The molecule has 1 unspecified atom stereocenters. The number of anilines is 1.